The second-order valence-electron chi connectivity index (χ2n) is 3.82. The second kappa shape index (κ2) is 7.02. The van der Waals surface area contributed by atoms with E-state index in [2.05, 4.69) is 37.2 Å². The fourth-order valence-corrected chi connectivity index (χ4v) is 2.97. The predicted octanol–water partition coefficient (Wildman–Crippen LogP) is 2.35. The van der Waals surface area contributed by atoms with Crippen molar-refractivity contribution in [3.63, 3.8) is 0 Å². The number of benzene rings is 1. The van der Waals surface area contributed by atoms with Crippen LogP contribution in [0.5, 0.6) is 0 Å². The highest BCUT2D eigenvalue weighted by atomic mass is 79.9. The lowest BCUT2D eigenvalue weighted by atomic mass is 10.2. The molecule has 0 fully saturated rings. The normalized spacial score (nSPS) is 11.8. The standard InChI is InChI=1S/C12H14Br2N2O3/c1-3-19-12(18)9(15)11(17)16-10-7(13)4-6(2)5-8(10)14/h4-5,9H,3,15H2,1-2H3,(H,16,17). The molecule has 5 nitrogen and oxygen atoms in total. The Morgan fingerprint density at radius 2 is 1.89 bits per heavy atom. The first-order valence-corrected chi connectivity index (χ1v) is 7.14. The van der Waals surface area contributed by atoms with Gasteiger partial charge in [-0.1, -0.05) is 0 Å². The molecule has 0 saturated carbocycles. The van der Waals surface area contributed by atoms with Crippen molar-refractivity contribution in [2.24, 2.45) is 5.73 Å². The number of nitrogens with one attached hydrogen (secondary N) is 1. The van der Waals surface area contributed by atoms with Gasteiger partial charge in [0.15, 0.2) is 6.04 Å². The summed E-state index contributed by atoms with van der Waals surface area (Å²) in [4.78, 5) is 23.2. The molecule has 1 atom stereocenters. The van der Waals surface area contributed by atoms with Crippen molar-refractivity contribution in [3.05, 3.63) is 26.6 Å². The molecule has 1 amide bonds. The van der Waals surface area contributed by atoms with Crippen LogP contribution >= 0.6 is 31.9 Å². The van der Waals surface area contributed by atoms with E-state index in [1.54, 1.807) is 6.92 Å². The number of halogens is 2. The first kappa shape index (κ1) is 16.1. The van der Waals surface area contributed by atoms with Crippen molar-refractivity contribution in [3.8, 4) is 0 Å². The molecule has 104 valence electrons. The number of hydrogen-bond acceptors (Lipinski definition) is 4. The second-order valence-corrected chi connectivity index (χ2v) is 5.53. The number of amides is 1. The van der Waals surface area contributed by atoms with Crippen LogP contribution in [0.4, 0.5) is 5.69 Å². The Morgan fingerprint density at radius 3 is 2.37 bits per heavy atom. The van der Waals surface area contributed by atoms with Crippen LogP contribution in [0.3, 0.4) is 0 Å². The number of anilines is 1. The lowest BCUT2D eigenvalue weighted by Gasteiger charge is -2.14. The average Bonchev–Trinajstić information content (AvgIpc) is 2.32. The van der Waals surface area contributed by atoms with Crippen LogP contribution in [-0.2, 0) is 14.3 Å². The van der Waals surface area contributed by atoms with Crippen LogP contribution in [0, 0.1) is 6.92 Å². The number of nitrogens with two attached hydrogens (primary N) is 1. The third-order valence-electron chi connectivity index (χ3n) is 2.26. The molecule has 0 aliphatic rings. The van der Waals surface area contributed by atoms with E-state index < -0.39 is 17.9 Å². The lowest BCUT2D eigenvalue weighted by molar-refractivity contribution is -0.146. The molecule has 1 unspecified atom stereocenters. The van der Waals surface area contributed by atoms with Gasteiger partial charge in [-0.2, -0.15) is 0 Å². The van der Waals surface area contributed by atoms with Gasteiger partial charge in [-0.15, -0.1) is 0 Å². The van der Waals surface area contributed by atoms with Crippen LogP contribution in [0.15, 0.2) is 21.1 Å². The molecule has 19 heavy (non-hydrogen) atoms. The smallest absolute Gasteiger partial charge is 0.332 e. The highest BCUT2D eigenvalue weighted by molar-refractivity contribution is 9.11. The van der Waals surface area contributed by atoms with Crippen LogP contribution in [0.1, 0.15) is 12.5 Å². The van der Waals surface area contributed by atoms with Gasteiger partial charge in [0, 0.05) is 8.95 Å². The van der Waals surface area contributed by atoms with E-state index in [9.17, 15) is 9.59 Å². The summed E-state index contributed by atoms with van der Waals surface area (Å²) in [5.74, 6) is -1.37. The molecule has 0 aliphatic carbocycles. The van der Waals surface area contributed by atoms with Crippen LogP contribution in [0.2, 0.25) is 0 Å². The Bertz CT molecular complexity index is 483. The zero-order chi connectivity index (χ0) is 14.6. The number of rotatable bonds is 4. The van der Waals surface area contributed by atoms with Gasteiger partial charge in [0.25, 0.3) is 5.91 Å². The summed E-state index contributed by atoms with van der Waals surface area (Å²) < 4.78 is 6.09. The molecule has 0 bridgehead atoms. The molecule has 1 aromatic rings. The van der Waals surface area contributed by atoms with Gasteiger partial charge in [-0.25, -0.2) is 4.79 Å². The fourth-order valence-electron chi connectivity index (χ4n) is 1.36. The first-order valence-electron chi connectivity index (χ1n) is 5.55. The van der Waals surface area contributed by atoms with Crippen LogP contribution in [-0.4, -0.2) is 24.5 Å². The molecule has 7 heteroatoms. The Labute approximate surface area is 128 Å². The van der Waals surface area contributed by atoms with E-state index in [1.165, 1.54) is 0 Å². The van der Waals surface area contributed by atoms with Crippen molar-refractivity contribution >= 4 is 49.4 Å². The molecular weight excluding hydrogens is 380 g/mol. The Hall–Kier alpha value is -0.920. The summed E-state index contributed by atoms with van der Waals surface area (Å²) in [7, 11) is 0. The fraction of sp³-hybridized carbons (Fsp3) is 0.333. The molecule has 0 aromatic heterocycles. The topological polar surface area (TPSA) is 81.4 Å². The van der Waals surface area contributed by atoms with Gasteiger partial charge < -0.3 is 15.8 Å². The highest BCUT2D eigenvalue weighted by Gasteiger charge is 2.24. The molecular formula is C12H14Br2N2O3. The van der Waals surface area contributed by atoms with E-state index >= 15 is 0 Å². The summed E-state index contributed by atoms with van der Waals surface area (Å²) in [6, 6.07) is 2.34. The van der Waals surface area contributed by atoms with Gasteiger partial charge in [0.05, 0.1) is 12.3 Å². The third kappa shape index (κ3) is 4.29. The summed E-state index contributed by atoms with van der Waals surface area (Å²) >= 11 is 6.68. The first-order chi connectivity index (χ1) is 8.86. The lowest BCUT2D eigenvalue weighted by Crippen LogP contribution is -2.43. The van der Waals surface area contributed by atoms with E-state index in [1.807, 2.05) is 19.1 Å². The largest absolute Gasteiger partial charge is 0.464 e. The molecule has 1 rings (SSSR count). The van der Waals surface area contributed by atoms with E-state index in [0.29, 0.717) is 14.6 Å². The number of aryl methyl sites for hydroxylation is 1. The predicted molar refractivity (Wildman–Crippen MR) is 79.8 cm³/mol. The Balaban J connectivity index is 2.86. The Morgan fingerprint density at radius 1 is 1.37 bits per heavy atom. The molecule has 3 N–H and O–H groups in total. The third-order valence-corrected chi connectivity index (χ3v) is 3.51. The average molecular weight is 394 g/mol. The SMILES string of the molecule is CCOC(=O)C(N)C(=O)Nc1c(Br)cc(C)cc1Br. The van der Waals surface area contributed by atoms with Gasteiger partial charge in [0.2, 0.25) is 0 Å². The zero-order valence-corrected chi connectivity index (χ0v) is 13.7. The van der Waals surface area contributed by atoms with E-state index in [0.717, 1.165) is 5.56 Å². The summed E-state index contributed by atoms with van der Waals surface area (Å²) in [5.41, 5.74) is 7.05. The molecule has 0 spiro atoms. The molecule has 0 saturated heterocycles. The number of carbonyl (C=O) groups is 2. The maximum atomic E-state index is 11.8. The van der Waals surface area contributed by atoms with Crippen LogP contribution in [0.25, 0.3) is 0 Å². The number of esters is 1. The van der Waals surface area contributed by atoms with E-state index in [4.69, 9.17) is 10.5 Å². The molecule has 0 heterocycles. The van der Waals surface area contributed by atoms with Gasteiger partial charge in [0.1, 0.15) is 0 Å². The zero-order valence-electron chi connectivity index (χ0n) is 10.5. The maximum Gasteiger partial charge on any atom is 0.332 e. The Kier molecular flexibility index (Phi) is 5.96. The van der Waals surface area contributed by atoms with Gasteiger partial charge >= 0.3 is 5.97 Å². The van der Waals surface area contributed by atoms with Gasteiger partial charge in [-0.3, -0.25) is 4.79 Å². The van der Waals surface area contributed by atoms with Crippen molar-refractivity contribution < 1.29 is 14.3 Å². The van der Waals surface area contributed by atoms with Gasteiger partial charge in [-0.05, 0) is 63.4 Å². The quantitative estimate of drug-likeness (QED) is 0.607. The summed E-state index contributed by atoms with van der Waals surface area (Å²) in [6.07, 6.45) is 0. The highest BCUT2D eigenvalue weighted by Crippen LogP contribution is 2.32. The van der Waals surface area contributed by atoms with Crippen molar-refractivity contribution in [2.75, 3.05) is 11.9 Å². The minimum atomic E-state index is -1.35. The van der Waals surface area contributed by atoms with E-state index in [-0.39, 0.29) is 6.61 Å². The summed E-state index contributed by atoms with van der Waals surface area (Å²) in [5, 5.41) is 2.59. The van der Waals surface area contributed by atoms with Crippen molar-refractivity contribution in [1.29, 1.82) is 0 Å². The maximum absolute atomic E-state index is 11.8. The van der Waals surface area contributed by atoms with Crippen LogP contribution < -0.4 is 11.1 Å². The molecule has 0 aliphatic heterocycles. The minimum Gasteiger partial charge on any atom is -0.464 e. The number of ether oxygens (including phenoxy) is 1. The van der Waals surface area contributed by atoms with Crippen molar-refractivity contribution in [2.45, 2.75) is 19.9 Å². The number of carbonyl (C=O) groups excluding carboxylic acids is 2. The minimum absolute atomic E-state index is 0.178. The number of hydrogen-bond donors (Lipinski definition) is 2. The monoisotopic (exact) mass is 392 g/mol. The van der Waals surface area contributed by atoms with Crippen molar-refractivity contribution in [1.82, 2.24) is 0 Å². The summed E-state index contributed by atoms with van der Waals surface area (Å²) in [6.45, 7) is 3.75. The molecule has 1 aromatic carbocycles. The molecule has 0 radical (unpaired) electrons.